The second-order valence-corrected chi connectivity index (χ2v) is 6.10. The minimum atomic E-state index is -0.623. The topological polar surface area (TPSA) is 98.4 Å². The van der Waals surface area contributed by atoms with Gasteiger partial charge in [0.05, 0.1) is 51.8 Å². The Morgan fingerprint density at radius 3 is 2.30 bits per heavy atom. The van der Waals surface area contributed by atoms with Gasteiger partial charge in [-0.05, 0) is 17.7 Å². The molecule has 0 fully saturated rings. The van der Waals surface area contributed by atoms with Crippen LogP contribution in [0.4, 0.5) is 4.79 Å². The zero-order valence-electron chi connectivity index (χ0n) is 15.8. The predicted octanol–water partition coefficient (Wildman–Crippen LogP) is 0.809. The van der Waals surface area contributed by atoms with E-state index in [9.17, 15) is 9.59 Å². The molecular weight excluding hydrogens is 354 g/mol. The molecule has 2 aliphatic heterocycles. The van der Waals surface area contributed by atoms with Gasteiger partial charge in [-0.1, -0.05) is 0 Å². The Morgan fingerprint density at radius 1 is 1.07 bits per heavy atom. The number of hydrogen-bond donors (Lipinski definition) is 2. The fraction of sp³-hybridized carbons (Fsp3) is 0.444. The summed E-state index contributed by atoms with van der Waals surface area (Å²) in [7, 11) is 6.12. The van der Waals surface area contributed by atoms with Crippen molar-refractivity contribution in [1.82, 2.24) is 15.5 Å². The Bertz CT molecular complexity index is 766. The molecule has 2 N–H and O–H groups in total. The average Bonchev–Trinajstić information content (AvgIpc) is 2.99. The van der Waals surface area contributed by atoms with Crippen molar-refractivity contribution in [2.24, 2.45) is 0 Å². The first kappa shape index (κ1) is 18.8. The largest absolute Gasteiger partial charge is 0.493 e. The van der Waals surface area contributed by atoms with Gasteiger partial charge >= 0.3 is 6.03 Å². The lowest BCUT2D eigenvalue weighted by Crippen LogP contribution is -2.44. The number of carbonyl (C=O) groups excluding carboxylic acids is 2. The molecule has 0 spiro atoms. The van der Waals surface area contributed by atoms with Gasteiger partial charge in [0.25, 0.3) is 5.91 Å². The smallest absolute Gasteiger partial charge is 0.319 e. The number of nitrogens with zero attached hydrogens (tertiary/aromatic N) is 1. The van der Waals surface area contributed by atoms with Gasteiger partial charge in [-0.3, -0.25) is 4.79 Å². The second kappa shape index (κ2) is 7.75. The Labute approximate surface area is 157 Å². The van der Waals surface area contributed by atoms with E-state index in [0.717, 1.165) is 0 Å². The monoisotopic (exact) mass is 377 g/mol. The molecule has 1 aromatic rings. The van der Waals surface area contributed by atoms with Crippen molar-refractivity contribution in [1.29, 1.82) is 0 Å². The van der Waals surface area contributed by atoms with Crippen molar-refractivity contribution in [2.45, 2.75) is 6.04 Å². The molecule has 9 nitrogen and oxygen atoms in total. The second-order valence-electron chi connectivity index (χ2n) is 6.10. The van der Waals surface area contributed by atoms with Gasteiger partial charge in [0.1, 0.15) is 0 Å². The van der Waals surface area contributed by atoms with Crippen molar-refractivity contribution < 1.29 is 28.5 Å². The van der Waals surface area contributed by atoms with E-state index < -0.39 is 6.04 Å². The number of methoxy groups -OCH3 is 4. The molecule has 0 bridgehead atoms. The normalized spacial score (nSPS) is 18.8. The maximum atomic E-state index is 12.9. The Balaban J connectivity index is 2.02. The third-order valence-corrected chi connectivity index (χ3v) is 4.61. The van der Waals surface area contributed by atoms with E-state index in [1.165, 1.54) is 21.3 Å². The van der Waals surface area contributed by atoms with Gasteiger partial charge in [0, 0.05) is 13.7 Å². The summed E-state index contributed by atoms with van der Waals surface area (Å²) < 4.78 is 21.2. The Hall–Kier alpha value is -2.94. The van der Waals surface area contributed by atoms with Crippen LogP contribution < -0.4 is 24.8 Å². The summed E-state index contributed by atoms with van der Waals surface area (Å²) in [4.78, 5) is 26.7. The molecule has 0 radical (unpaired) electrons. The Morgan fingerprint density at radius 2 is 1.74 bits per heavy atom. The molecule has 1 atom stereocenters. The molecule has 0 unspecified atom stereocenters. The highest BCUT2D eigenvalue weighted by Crippen LogP contribution is 2.42. The molecule has 1 aromatic carbocycles. The standard InChI is InChI=1S/C18H23N3O6/c1-24-6-5-21-9-11-14(17(21)22)15(20-18(23)19-11)10-7-12(25-2)16(27-4)13(8-10)26-3/h7-8,15H,5-6,9H2,1-4H3,(H2,19,20,23)/t15-/m1/s1. The minimum absolute atomic E-state index is 0.145. The van der Waals surface area contributed by atoms with Gasteiger partial charge in [-0.15, -0.1) is 0 Å². The molecule has 3 rings (SSSR count). The molecule has 0 saturated carbocycles. The molecule has 27 heavy (non-hydrogen) atoms. The molecule has 2 aliphatic rings. The molecule has 0 aromatic heterocycles. The summed E-state index contributed by atoms with van der Waals surface area (Å²) in [5.41, 5.74) is 1.76. The van der Waals surface area contributed by atoms with Crippen LogP contribution in [-0.2, 0) is 9.53 Å². The van der Waals surface area contributed by atoms with Crippen LogP contribution in [0.5, 0.6) is 17.2 Å². The number of benzene rings is 1. The van der Waals surface area contributed by atoms with Gasteiger partial charge in [0.15, 0.2) is 11.5 Å². The molecule has 2 heterocycles. The van der Waals surface area contributed by atoms with Gasteiger partial charge in [-0.2, -0.15) is 0 Å². The average molecular weight is 377 g/mol. The fourth-order valence-electron chi connectivity index (χ4n) is 3.33. The van der Waals surface area contributed by atoms with Crippen molar-refractivity contribution in [3.63, 3.8) is 0 Å². The van der Waals surface area contributed by atoms with E-state index >= 15 is 0 Å². The molecule has 9 heteroatoms. The first-order chi connectivity index (χ1) is 13.0. The molecule has 3 amide bonds. The minimum Gasteiger partial charge on any atom is -0.493 e. The van der Waals surface area contributed by atoms with Crippen molar-refractivity contribution in [2.75, 3.05) is 48.1 Å². The first-order valence-corrected chi connectivity index (χ1v) is 8.42. The quantitative estimate of drug-likeness (QED) is 0.730. The van der Waals surface area contributed by atoms with Gasteiger partial charge in [-0.25, -0.2) is 4.79 Å². The van der Waals surface area contributed by atoms with E-state index in [0.29, 0.717) is 53.8 Å². The van der Waals surface area contributed by atoms with Crippen molar-refractivity contribution in [3.8, 4) is 17.2 Å². The lowest BCUT2D eigenvalue weighted by atomic mass is 9.95. The highest BCUT2D eigenvalue weighted by atomic mass is 16.5. The number of nitrogens with one attached hydrogen (secondary N) is 2. The third-order valence-electron chi connectivity index (χ3n) is 4.61. The summed E-state index contributed by atoms with van der Waals surface area (Å²) >= 11 is 0. The molecule has 0 aliphatic carbocycles. The molecule has 0 saturated heterocycles. The predicted molar refractivity (Wildman–Crippen MR) is 96.0 cm³/mol. The summed E-state index contributed by atoms with van der Waals surface area (Å²) in [6.45, 7) is 1.20. The lowest BCUT2D eigenvalue weighted by Gasteiger charge is -2.26. The SMILES string of the molecule is COCCN1CC2=C(C1=O)[C@@H](c1cc(OC)c(OC)c(OC)c1)NC(=O)N2. The number of ether oxygens (including phenoxy) is 4. The lowest BCUT2D eigenvalue weighted by molar-refractivity contribution is -0.126. The van der Waals surface area contributed by atoms with Crippen LogP contribution in [0.25, 0.3) is 0 Å². The van der Waals surface area contributed by atoms with E-state index in [1.807, 2.05) is 0 Å². The van der Waals surface area contributed by atoms with Gasteiger partial charge in [0.2, 0.25) is 5.75 Å². The van der Waals surface area contributed by atoms with Crippen LogP contribution in [0.2, 0.25) is 0 Å². The number of hydrogen-bond acceptors (Lipinski definition) is 6. The van der Waals surface area contributed by atoms with E-state index in [1.54, 1.807) is 24.1 Å². The van der Waals surface area contributed by atoms with Crippen LogP contribution >= 0.6 is 0 Å². The zero-order chi connectivity index (χ0) is 19.6. The highest BCUT2D eigenvalue weighted by Gasteiger charge is 2.40. The van der Waals surface area contributed by atoms with Gasteiger partial charge < -0.3 is 34.5 Å². The van der Waals surface area contributed by atoms with Crippen molar-refractivity contribution in [3.05, 3.63) is 29.0 Å². The highest BCUT2D eigenvalue weighted by molar-refractivity contribution is 6.01. The number of rotatable bonds is 7. The zero-order valence-corrected chi connectivity index (χ0v) is 15.8. The third kappa shape index (κ3) is 3.37. The van der Waals surface area contributed by atoms with Crippen LogP contribution in [0.3, 0.4) is 0 Å². The van der Waals surface area contributed by atoms with Crippen molar-refractivity contribution >= 4 is 11.9 Å². The maximum Gasteiger partial charge on any atom is 0.319 e. The number of amides is 3. The van der Waals surface area contributed by atoms with Crippen LogP contribution in [-0.4, -0.2) is 65.0 Å². The van der Waals surface area contributed by atoms with E-state index in [4.69, 9.17) is 18.9 Å². The summed E-state index contributed by atoms with van der Waals surface area (Å²) in [5.74, 6) is 1.19. The van der Waals surface area contributed by atoms with Crippen LogP contribution in [0, 0.1) is 0 Å². The van der Waals surface area contributed by atoms with Crippen LogP contribution in [0.15, 0.2) is 23.4 Å². The molecule has 146 valence electrons. The summed E-state index contributed by atoms with van der Waals surface area (Å²) in [6.07, 6.45) is 0. The number of carbonyl (C=O) groups is 2. The molecular formula is C18H23N3O6. The van der Waals surface area contributed by atoms with E-state index in [2.05, 4.69) is 10.6 Å². The van der Waals surface area contributed by atoms with E-state index in [-0.39, 0.29) is 11.9 Å². The fourth-order valence-corrected chi connectivity index (χ4v) is 3.33. The first-order valence-electron chi connectivity index (χ1n) is 8.42. The van der Waals surface area contributed by atoms with Crippen LogP contribution in [0.1, 0.15) is 11.6 Å². The number of urea groups is 1. The summed E-state index contributed by atoms with van der Waals surface area (Å²) in [5, 5.41) is 5.55. The maximum absolute atomic E-state index is 12.9. The Kier molecular flexibility index (Phi) is 5.41. The summed E-state index contributed by atoms with van der Waals surface area (Å²) in [6, 6.07) is 2.47.